The van der Waals surface area contributed by atoms with Gasteiger partial charge in [0.25, 0.3) is 0 Å². The fourth-order valence-electron chi connectivity index (χ4n) is 5.34. The van der Waals surface area contributed by atoms with Crippen molar-refractivity contribution in [1.82, 2.24) is 10.2 Å². The van der Waals surface area contributed by atoms with Crippen molar-refractivity contribution in [2.75, 3.05) is 13.2 Å². The Bertz CT molecular complexity index is 1050. The van der Waals surface area contributed by atoms with E-state index in [4.69, 9.17) is 4.74 Å². The van der Waals surface area contributed by atoms with Crippen LogP contribution < -0.4 is 5.32 Å². The summed E-state index contributed by atoms with van der Waals surface area (Å²) in [5.74, 6) is -0.975. The molecule has 2 fully saturated rings. The smallest absolute Gasteiger partial charge is 0.407 e. The Morgan fingerprint density at radius 3 is 2.24 bits per heavy atom. The first-order valence-electron chi connectivity index (χ1n) is 12.2. The highest BCUT2D eigenvalue weighted by Gasteiger charge is 2.39. The number of alkyl carbamates (subject to hydrolysis) is 1. The highest BCUT2D eigenvalue weighted by atomic mass is 16.5. The molecular weight excluding hydrogens is 432 g/mol. The molecule has 1 saturated carbocycles. The lowest BCUT2D eigenvalue weighted by molar-refractivity contribution is -0.153. The molecule has 1 aliphatic heterocycles. The molecule has 2 amide bonds. The van der Waals surface area contributed by atoms with Gasteiger partial charge in [-0.25, -0.2) is 9.59 Å². The first-order chi connectivity index (χ1) is 16.5. The SMILES string of the molecule is O=C(N[C@@H](CC1CC1)C(=O)N1CCCCC1C(=O)O)OCC1c2ccccc2-c2ccccc21. The molecule has 2 aromatic rings. The highest BCUT2D eigenvalue weighted by molar-refractivity contribution is 5.89. The molecule has 7 heteroatoms. The number of likely N-dealkylation sites (tertiary alicyclic amines) is 1. The van der Waals surface area contributed by atoms with Crippen molar-refractivity contribution in [1.29, 1.82) is 0 Å². The molecule has 0 bridgehead atoms. The van der Waals surface area contributed by atoms with Crippen molar-refractivity contribution >= 4 is 18.0 Å². The molecule has 3 aliphatic rings. The lowest BCUT2D eigenvalue weighted by Crippen LogP contribution is -2.55. The van der Waals surface area contributed by atoms with Crippen LogP contribution in [-0.2, 0) is 14.3 Å². The van der Waals surface area contributed by atoms with Crippen LogP contribution in [0.25, 0.3) is 11.1 Å². The molecule has 2 N–H and O–H groups in total. The van der Waals surface area contributed by atoms with E-state index in [0.29, 0.717) is 25.3 Å². The minimum atomic E-state index is -0.987. The number of aliphatic carboxylic acids is 1. The van der Waals surface area contributed by atoms with Crippen LogP contribution in [0, 0.1) is 5.92 Å². The first kappa shape index (κ1) is 22.4. The van der Waals surface area contributed by atoms with Crippen molar-refractivity contribution in [2.45, 2.75) is 56.5 Å². The molecule has 2 aromatic carbocycles. The number of carbonyl (C=O) groups is 3. The zero-order chi connectivity index (χ0) is 23.7. The number of hydrogen-bond donors (Lipinski definition) is 2. The largest absolute Gasteiger partial charge is 0.480 e. The molecular formula is C27H30N2O5. The molecule has 0 radical (unpaired) electrons. The first-order valence-corrected chi connectivity index (χ1v) is 12.2. The minimum Gasteiger partial charge on any atom is -0.480 e. The Morgan fingerprint density at radius 1 is 0.971 bits per heavy atom. The quantitative estimate of drug-likeness (QED) is 0.644. The second kappa shape index (κ2) is 9.49. The van der Waals surface area contributed by atoms with Crippen LogP contribution in [0.15, 0.2) is 48.5 Å². The number of fused-ring (bicyclic) bond motifs is 3. The number of carboxylic acid groups (broad SMARTS) is 1. The summed E-state index contributed by atoms with van der Waals surface area (Å²) in [6.45, 7) is 0.578. The fourth-order valence-corrected chi connectivity index (χ4v) is 5.34. The van der Waals surface area contributed by atoms with Crippen molar-refractivity contribution in [2.24, 2.45) is 5.92 Å². The lowest BCUT2D eigenvalue weighted by atomic mass is 9.98. The summed E-state index contributed by atoms with van der Waals surface area (Å²) in [7, 11) is 0. The molecule has 178 valence electrons. The number of carbonyl (C=O) groups excluding carboxylic acids is 2. The van der Waals surface area contributed by atoms with Crippen molar-refractivity contribution < 1.29 is 24.2 Å². The van der Waals surface area contributed by atoms with Gasteiger partial charge in [0.1, 0.15) is 18.7 Å². The van der Waals surface area contributed by atoms with Crippen molar-refractivity contribution in [3.8, 4) is 11.1 Å². The Labute approximate surface area is 199 Å². The second-order valence-corrected chi connectivity index (χ2v) is 9.58. The number of amides is 2. The third-order valence-corrected chi connectivity index (χ3v) is 7.27. The molecule has 2 aliphatic carbocycles. The Hall–Kier alpha value is -3.35. The summed E-state index contributed by atoms with van der Waals surface area (Å²) in [6.07, 6.45) is 3.94. The van der Waals surface area contributed by atoms with E-state index < -0.39 is 24.1 Å². The van der Waals surface area contributed by atoms with Crippen molar-refractivity contribution in [3.63, 3.8) is 0 Å². The van der Waals surface area contributed by atoms with E-state index in [1.54, 1.807) is 0 Å². The Morgan fingerprint density at radius 2 is 1.62 bits per heavy atom. The molecule has 34 heavy (non-hydrogen) atoms. The molecule has 1 saturated heterocycles. The summed E-state index contributed by atoms with van der Waals surface area (Å²) in [4.78, 5) is 39.2. The number of nitrogens with zero attached hydrogens (tertiary/aromatic N) is 1. The van der Waals surface area contributed by atoms with E-state index in [0.717, 1.165) is 47.9 Å². The molecule has 2 atom stereocenters. The third kappa shape index (κ3) is 4.52. The van der Waals surface area contributed by atoms with Gasteiger partial charge in [0, 0.05) is 12.5 Å². The average molecular weight is 463 g/mol. The summed E-state index contributed by atoms with van der Waals surface area (Å²) in [6, 6.07) is 14.7. The summed E-state index contributed by atoms with van der Waals surface area (Å²) >= 11 is 0. The van der Waals surface area contributed by atoms with E-state index in [-0.39, 0.29) is 18.4 Å². The van der Waals surface area contributed by atoms with E-state index in [1.165, 1.54) is 4.90 Å². The van der Waals surface area contributed by atoms with E-state index >= 15 is 0 Å². The summed E-state index contributed by atoms with van der Waals surface area (Å²) in [5, 5.41) is 12.3. The standard InChI is InChI=1S/C27H30N2O5/c30-25(29-14-6-5-11-24(29)26(31)32)23(15-17-12-13-17)28-27(33)34-16-22-20-9-3-1-7-18(20)19-8-2-4-10-21(19)22/h1-4,7-10,17,22-24H,5-6,11-16H2,(H,28,33)(H,31,32)/t23-,24?/m0/s1. The Kier molecular flexibility index (Phi) is 6.26. The third-order valence-electron chi connectivity index (χ3n) is 7.27. The van der Waals surface area contributed by atoms with Gasteiger partial charge in [-0.2, -0.15) is 0 Å². The van der Waals surface area contributed by atoms with Gasteiger partial charge < -0.3 is 20.1 Å². The maximum absolute atomic E-state index is 13.3. The minimum absolute atomic E-state index is 0.0609. The average Bonchev–Trinajstić information content (AvgIpc) is 3.62. The zero-order valence-corrected chi connectivity index (χ0v) is 19.1. The van der Waals surface area contributed by atoms with Crippen LogP contribution in [0.5, 0.6) is 0 Å². The normalized spacial score (nSPS) is 20.2. The molecule has 1 unspecified atom stereocenters. The number of nitrogens with one attached hydrogen (secondary N) is 1. The maximum atomic E-state index is 13.3. The predicted molar refractivity (Wildman–Crippen MR) is 126 cm³/mol. The van der Waals surface area contributed by atoms with E-state index in [2.05, 4.69) is 29.6 Å². The van der Waals surface area contributed by atoms with Gasteiger partial charge in [-0.05, 0) is 53.9 Å². The van der Waals surface area contributed by atoms with Crippen LogP contribution in [0.2, 0.25) is 0 Å². The number of ether oxygens (including phenoxy) is 1. The highest BCUT2D eigenvalue weighted by Crippen LogP contribution is 2.44. The van der Waals surface area contributed by atoms with Gasteiger partial charge in [-0.15, -0.1) is 0 Å². The lowest BCUT2D eigenvalue weighted by Gasteiger charge is -2.35. The topological polar surface area (TPSA) is 95.9 Å². The Balaban J connectivity index is 1.27. The molecule has 1 heterocycles. The summed E-state index contributed by atoms with van der Waals surface area (Å²) in [5.41, 5.74) is 4.55. The summed E-state index contributed by atoms with van der Waals surface area (Å²) < 4.78 is 5.65. The van der Waals surface area contributed by atoms with E-state index in [9.17, 15) is 19.5 Å². The second-order valence-electron chi connectivity index (χ2n) is 9.58. The van der Waals surface area contributed by atoms with Crippen LogP contribution >= 0.6 is 0 Å². The number of hydrogen-bond acceptors (Lipinski definition) is 4. The van der Waals surface area contributed by atoms with Gasteiger partial charge in [0.2, 0.25) is 5.91 Å². The van der Waals surface area contributed by atoms with Gasteiger partial charge in [0.05, 0.1) is 0 Å². The number of carboxylic acids is 1. The molecule has 0 aromatic heterocycles. The van der Waals surface area contributed by atoms with Gasteiger partial charge in [0.15, 0.2) is 0 Å². The number of rotatable bonds is 7. The van der Waals surface area contributed by atoms with E-state index in [1.807, 2.05) is 24.3 Å². The monoisotopic (exact) mass is 462 g/mol. The van der Waals surface area contributed by atoms with Gasteiger partial charge in [-0.3, -0.25) is 4.79 Å². The molecule has 0 spiro atoms. The zero-order valence-electron chi connectivity index (χ0n) is 19.1. The number of piperidine rings is 1. The van der Waals surface area contributed by atoms with Crippen LogP contribution in [0.3, 0.4) is 0 Å². The van der Waals surface area contributed by atoms with Gasteiger partial charge >= 0.3 is 12.1 Å². The molecule has 7 nitrogen and oxygen atoms in total. The maximum Gasteiger partial charge on any atom is 0.407 e. The fraction of sp³-hybridized carbons (Fsp3) is 0.444. The van der Waals surface area contributed by atoms with Crippen LogP contribution in [-0.4, -0.2) is 53.2 Å². The van der Waals surface area contributed by atoms with Crippen LogP contribution in [0.1, 0.15) is 55.6 Å². The van der Waals surface area contributed by atoms with Crippen molar-refractivity contribution in [3.05, 3.63) is 59.7 Å². The van der Waals surface area contributed by atoms with Gasteiger partial charge in [-0.1, -0.05) is 61.4 Å². The molecule has 5 rings (SSSR count). The van der Waals surface area contributed by atoms with Crippen LogP contribution in [0.4, 0.5) is 4.79 Å². The number of benzene rings is 2. The predicted octanol–water partition coefficient (Wildman–Crippen LogP) is 4.16.